The van der Waals surface area contributed by atoms with Crippen LogP contribution in [-0.2, 0) is 19.9 Å². The quantitative estimate of drug-likeness (QED) is 0.931. The Labute approximate surface area is 118 Å². The third-order valence-corrected chi connectivity index (χ3v) is 4.01. The molecule has 0 aliphatic heterocycles. The Kier molecular flexibility index (Phi) is 3.04. The summed E-state index contributed by atoms with van der Waals surface area (Å²) in [7, 11) is 5.24. The molecule has 1 aliphatic carbocycles. The van der Waals surface area contributed by atoms with E-state index in [-0.39, 0.29) is 0 Å². The number of methoxy groups -OCH3 is 2. The average molecular weight is 273 g/mol. The third kappa shape index (κ3) is 1.73. The zero-order chi connectivity index (χ0) is 14.3. The Hall–Kier alpha value is -2.17. The monoisotopic (exact) mass is 273 g/mol. The lowest BCUT2D eigenvalue weighted by Gasteiger charge is -2.16. The van der Waals surface area contributed by atoms with Crippen LogP contribution in [0.15, 0.2) is 12.3 Å². The second kappa shape index (κ2) is 4.74. The summed E-state index contributed by atoms with van der Waals surface area (Å²) >= 11 is 0. The number of hydrogen-bond donors (Lipinski definition) is 1. The van der Waals surface area contributed by atoms with Crippen LogP contribution in [0.1, 0.15) is 17.5 Å². The molecule has 0 radical (unpaired) electrons. The van der Waals surface area contributed by atoms with E-state index >= 15 is 0 Å². The van der Waals surface area contributed by atoms with Crippen LogP contribution in [0.25, 0.3) is 11.1 Å². The number of anilines is 1. The van der Waals surface area contributed by atoms with Crippen molar-refractivity contribution < 1.29 is 9.47 Å². The van der Waals surface area contributed by atoms with E-state index in [2.05, 4.69) is 5.10 Å². The summed E-state index contributed by atoms with van der Waals surface area (Å²) in [6.07, 6.45) is 4.96. The highest BCUT2D eigenvalue weighted by atomic mass is 16.5. The van der Waals surface area contributed by atoms with Crippen LogP contribution in [0.4, 0.5) is 5.82 Å². The summed E-state index contributed by atoms with van der Waals surface area (Å²) in [6, 6.07) is 2.01. The molecule has 5 nitrogen and oxygen atoms in total. The van der Waals surface area contributed by atoms with Crippen molar-refractivity contribution in [3.63, 3.8) is 0 Å². The van der Waals surface area contributed by atoms with Gasteiger partial charge in [0.25, 0.3) is 0 Å². The van der Waals surface area contributed by atoms with Crippen molar-refractivity contribution in [2.75, 3.05) is 20.0 Å². The third-order valence-electron chi connectivity index (χ3n) is 4.01. The minimum Gasteiger partial charge on any atom is -0.496 e. The minimum atomic E-state index is 0.628. The van der Waals surface area contributed by atoms with Crippen LogP contribution in [0.2, 0.25) is 0 Å². The Morgan fingerprint density at radius 3 is 2.50 bits per heavy atom. The first-order valence-corrected chi connectivity index (χ1v) is 6.72. The van der Waals surface area contributed by atoms with Crippen molar-refractivity contribution in [2.24, 2.45) is 7.05 Å². The van der Waals surface area contributed by atoms with E-state index in [1.807, 2.05) is 13.1 Å². The van der Waals surface area contributed by atoms with Gasteiger partial charge in [0.2, 0.25) is 0 Å². The lowest BCUT2D eigenvalue weighted by molar-refractivity contribution is 0.399. The summed E-state index contributed by atoms with van der Waals surface area (Å²) in [4.78, 5) is 0. The maximum absolute atomic E-state index is 6.10. The smallest absolute Gasteiger partial charge is 0.130 e. The number of aryl methyl sites for hydroxylation is 1. The number of fused-ring (bicyclic) bond motifs is 1. The summed E-state index contributed by atoms with van der Waals surface area (Å²) in [5, 5.41) is 4.21. The van der Waals surface area contributed by atoms with Gasteiger partial charge in [0.05, 0.1) is 20.4 Å². The Balaban J connectivity index is 2.28. The number of ether oxygens (including phenoxy) is 2. The molecule has 0 spiro atoms. The molecule has 5 heteroatoms. The van der Waals surface area contributed by atoms with Gasteiger partial charge in [-0.1, -0.05) is 0 Å². The van der Waals surface area contributed by atoms with Crippen molar-refractivity contribution >= 4 is 5.82 Å². The Morgan fingerprint density at radius 1 is 1.15 bits per heavy atom. The van der Waals surface area contributed by atoms with Crippen molar-refractivity contribution in [1.29, 1.82) is 0 Å². The largest absolute Gasteiger partial charge is 0.496 e. The molecule has 0 saturated heterocycles. The van der Waals surface area contributed by atoms with Gasteiger partial charge >= 0.3 is 0 Å². The second-order valence-corrected chi connectivity index (χ2v) is 5.04. The number of nitrogens with zero attached hydrogens (tertiary/aromatic N) is 2. The predicted molar refractivity (Wildman–Crippen MR) is 78.2 cm³/mol. The van der Waals surface area contributed by atoms with Crippen molar-refractivity contribution in [3.8, 4) is 22.6 Å². The highest BCUT2D eigenvalue weighted by Crippen LogP contribution is 2.45. The molecule has 20 heavy (non-hydrogen) atoms. The Bertz CT molecular complexity index is 662. The van der Waals surface area contributed by atoms with Gasteiger partial charge in [0, 0.05) is 29.3 Å². The van der Waals surface area contributed by atoms with Crippen LogP contribution >= 0.6 is 0 Å². The van der Waals surface area contributed by atoms with Crippen LogP contribution in [-0.4, -0.2) is 24.0 Å². The maximum Gasteiger partial charge on any atom is 0.130 e. The van der Waals surface area contributed by atoms with Crippen molar-refractivity contribution in [3.05, 3.63) is 23.4 Å². The summed E-state index contributed by atoms with van der Waals surface area (Å²) in [5.41, 5.74) is 10.4. The fraction of sp³-hybridized carbons (Fsp3) is 0.400. The maximum atomic E-state index is 6.10. The van der Waals surface area contributed by atoms with Gasteiger partial charge in [0.15, 0.2) is 0 Å². The summed E-state index contributed by atoms with van der Waals surface area (Å²) in [5.74, 6) is 2.44. The van der Waals surface area contributed by atoms with Crippen LogP contribution in [0.5, 0.6) is 11.5 Å². The van der Waals surface area contributed by atoms with Crippen molar-refractivity contribution in [2.45, 2.75) is 19.3 Å². The van der Waals surface area contributed by atoms with Gasteiger partial charge in [-0.05, 0) is 25.3 Å². The molecule has 1 heterocycles. The number of rotatable bonds is 3. The predicted octanol–water partition coefficient (Wildman–Crippen LogP) is 2.18. The minimum absolute atomic E-state index is 0.628. The molecule has 0 amide bonds. The lowest BCUT2D eigenvalue weighted by Crippen LogP contribution is -2.01. The molecule has 2 aromatic rings. The molecule has 2 N–H and O–H groups in total. The normalized spacial score (nSPS) is 13.3. The number of aromatic nitrogens is 2. The van der Waals surface area contributed by atoms with Crippen LogP contribution in [0.3, 0.4) is 0 Å². The van der Waals surface area contributed by atoms with Gasteiger partial charge in [-0.15, -0.1) is 0 Å². The van der Waals surface area contributed by atoms with E-state index in [0.717, 1.165) is 41.9 Å². The highest BCUT2D eigenvalue weighted by molar-refractivity contribution is 5.82. The zero-order valence-electron chi connectivity index (χ0n) is 12.1. The number of hydrogen-bond acceptors (Lipinski definition) is 4. The van der Waals surface area contributed by atoms with Gasteiger partial charge in [-0.25, -0.2) is 0 Å². The first-order chi connectivity index (χ1) is 9.67. The molecule has 0 bridgehead atoms. The summed E-state index contributed by atoms with van der Waals surface area (Å²) < 4.78 is 12.9. The van der Waals surface area contributed by atoms with Crippen LogP contribution < -0.4 is 15.2 Å². The first kappa shape index (κ1) is 12.8. The summed E-state index contributed by atoms with van der Waals surface area (Å²) in [6.45, 7) is 0. The van der Waals surface area contributed by atoms with Gasteiger partial charge in [-0.3, -0.25) is 4.68 Å². The molecular formula is C15H19N3O2. The highest BCUT2D eigenvalue weighted by Gasteiger charge is 2.25. The SMILES string of the molecule is COc1cc(-c2cnn(C)c2N)c(OC)c2c1CCC2. The van der Waals surface area contributed by atoms with Gasteiger partial charge in [0.1, 0.15) is 17.3 Å². The number of benzene rings is 1. The average Bonchev–Trinajstić information content (AvgIpc) is 3.06. The van der Waals surface area contributed by atoms with E-state index in [1.54, 1.807) is 25.1 Å². The van der Waals surface area contributed by atoms with Gasteiger partial charge < -0.3 is 15.2 Å². The molecule has 0 fully saturated rings. The van der Waals surface area contributed by atoms with Crippen molar-refractivity contribution in [1.82, 2.24) is 9.78 Å². The zero-order valence-corrected chi connectivity index (χ0v) is 12.1. The van der Waals surface area contributed by atoms with E-state index < -0.39 is 0 Å². The van der Waals surface area contributed by atoms with E-state index in [1.165, 1.54) is 11.1 Å². The topological polar surface area (TPSA) is 62.3 Å². The number of nitrogens with two attached hydrogens (primary N) is 1. The first-order valence-electron chi connectivity index (χ1n) is 6.72. The van der Waals surface area contributed by atoms with Gasteiger partial charge in [-0.2, -0.15) is 5.10 Å². The second-order valence-electron chi connectivity index (χ2n) is 5.04. The molecule has 1 aliphatic rings. The molecule has 0 atom stereocenters. The lowest BCUT2D eigenvalue weighted by atomic mass is 9.99. The molecule has 0 saturated carbocycles. The molecule has 3 rings (SSSR count). The number of nitrogen functional groups attached to an aromatic ring is 1. The molecule has 1 aromatic carbocycles. The molecule has 106 valence electrons. The molecular weight excluding hydrogens is 254 g/mol. The fourth-order valence-corrected chi connectivity index (χ4v) is 2.98. The Morgan fingerprint density at radius 2 is 1.90 bits per heavy atom. The van der Waals surface area contributed by atoms with E-state index in [4.69, 9.17) is 15.2 Å². The molecule has 1 aromatic heterocycles. The standard InChI is InChI=1S/C15H19N3O2/c1-18-15(16)12(8-17-18)11-7-13(19-2)9-5-4-6-10(9)14(11)20-3/h7-8H,4-6,16H2,1-3H3. The molecule has 0 unspecified atom stereocenters. The fourth-order valence-electron chi connectivity index (χ4n) is 2.98. The van der Waals surface area contributed by atoms with E-state index in [0.29, 0.717) is 5.82 Å². The van der Waals surface area contributed by atoms with Crippen LogP contribution in [0, 0.1) is 0 Å². The van der Waals surface area contributed by atoms with E-state index in [9.17, 15) is 0 Å².